The second-order valence-electron chi connectivity index (χ2n) is 51.5. The van der Waals surface area contributed by atoms with Crippen LogP contribution in [0.1, 0.15) is 526 Å². The summed E-state index contributed by atoms with van der Waals surface area (Å²) < 4.78 is 50.7. The monoisotopic (exact) mass is 1960 g/mol. The number of thiophene rings is 1. The average molecular weight is 1960 g/mol. The van der Waals surface area contributed by atoms with E-state index < -0.39 is 0 Å². The summed E-state index contributed by atoms with van der Waals surface area (Å²) in [7, 11) is 0. The maximum atomic E-state index is 5.78. The molecular weight excluding hydrogens is 1750 g/mol. The third-order valence-corrected chi connectivity index (χ3v) is 29.1. The average Bonchev–Trinajstić information content (AvgIpc) is 1.62. The molecule has 11 aromatic rings. The van der Waals surface area contributed by atoms with Gasteiger partial charge in [0.2, 0.25) is 0 Å². The number of benzene rings is 1. The van der Waals surface area contributed by atoms with Gasteiger partial charge < -0.3 is 39.8 Å². The zero-order chi connectivity index (χ0) is 107. The first-order chi connectivity index (χ1) is 65.3. The third-order valence-electron chi connectivity index (χ3n) is 28.1. The van der Waals surface area contributed by atoms with Gasteiger partial charge in [0.15, 0.2) is 0 Å². The van der Waals surface area contributed by atoms with Crippen molar-refractivity contribution in [3.63, 3.8) is 0 Å². The quantitative estimate of drug-likeness (QED) is 0.0451. The maximum absolute atomic E-state index is 5.78. The van der Waals surface area contributed by atoms with Gasteiger partial charge in [0.25, 0.3) is 0 Å². The normalized spacial score (nSPS) is 14.9. The zero-order valence-electron chi connectivity index (χ0n) is 99.4. The van der Waals surface area contributed by atoms with Gasteiger partial charge in [-0.25, -0.2) is 0 Å². The zero-order valence-corrected chi connectivity index (χ0v) is 100. The summed E-state index contributed by atoms with van der Waals surface area (Å²) in [6, 6.07) is 42.2. The second-order valence-corrected chi connectivity index (χ2v) is 52.5. The lowest BCUT2D eigenvalue weighted by Crippen LogP contribution is -2.22. The number of furan rings is 9. The predicted octanol–water partition coefficient (Wildman–Crippen LogP) is 44.5. The maximum Gasteiger partial charge on any atom is 0.107 e. The lowest BCUT2D eigenvalue weighted by molar-refractivity contribution is 0.224. The van der Waals surface area contributed by atoms with E-state index in [1.165, 1.54) is 56.9 Å². The molecule has 1 aromatic carbocycles. The molecule has 141 heavy (non-hydrogen) atoms. The summed E-state index contributed by atoms with van der Waals surface area (Å²) in [4.78, 5) is 1.53. The van der Waals surface area contributed by atoms with E-state index in [1.54, 1.807) is 18.8 Å². The highest BCUT2D eigenvalue weighted by atomic mass is 32.1. The van der Waals surface area contributed by atoms with Gasteiger partial charge in [0.05, 0.1) is 50.1 Å². The van der Waals surface area contributed by atoms with Crippen molar-refractivity contribution < 1.29 is 39.8 Å². The summed E-state index contributed by atoms with van der Waals surface area (Å²) in [5.41, 5.74) is 9.35. The van der Waals surface area contributed by atoms with Crippen LogP contribution in [0.5, 0.6) is 0 Å². The van der Waals surface area contributed by atoms with Crippen molar-refractivity contribution in [2.24, 2.45) is 97.6 Å². The summed E-state index contributed by atoms with van der Waals surface area (Å²) in [6.07, 6.45) is 22.1. The topological polar surface area (TPSA) is 118 Å². The van der Waals surface area contributed by atoms with Gasteiger partial charge in [-0.1, -0.05) is 369 Å². The number of aryl methyl sites for hydroxylation is 2. The van der Waals surface area contributed by atoms with Crippen molar-refractivity contribution in [1.82, 2.24) is 0 Å². The highest BCUT2D eigenvalue weighted by Gasteiger charge is 2.39. The Labute approximate surface area is 870 Å². The van der Waals surface area contributed by atoms with E-state index in [4.69, 9.17) is 39.8 Å². The molecule has 9 nitrogen and oxygen atoms in total. The summed E-state index contributed by atoms with van der Waals surface area (Å²) in [5, 5.41) is 2.18. The molecule has 0 spiro atoms. The second kappa shape index (κ2) is 59.3. The summed E-state index contributed by atoms with van der Waals surface area (Å²) in [6.45, 7) is 110. The standard InChI is InChI=1S/C16H20O.2C15H26O.C14H22O.C14H24O.2C12H20O.C12H20S.C11H18O.C10H16O/c1-4-15(12(2)3)16-10-14(11-17-16)13-8-6-5-7-9-13;2*1-10(2)12-8-13(16-9-12)14(11(3)4)15(5,6)7;1-9(2)12-7-13(15-8-12)14(10(3)4)11-5-6-11;1-7-11-8-12(15-9-11)13(10(2)3)14(4,5)6;3*1-9(2)11(12(3,4)5)10-7-6-8-13-10;1-5-10(8(2)3)11-7-6-9(4)12-11;1-4-9(8(2)3)10-6-5-7-11-10/h5-12,15H,4H2,1-3H3;2*8-11,14H,1-7H3;7-11,14H,5-6H2,1-4H3;8-10,13H,7H2,1-6H3;3*6-9,11H,1-5H3;6-8,10H,5H2,1-4H3;5-9H,4H2,1-3H3/t15-;3*14-;13-;3*11-;10-;9-/m0001000010/s1. The van der Waals surface area contributed by atoms with Crippen LogP contribution in [-0.2, 0) is 6.42 Å². The van der Waals surface area contributed by atoms with E-state index in [1.807, 2.05) is 79.9 Å². The van der Waals surface area contributed by atoms with Crippen LogP contribution in [0.15, 0.2) is 217 Å². The Morgan fingerprint density at radius 3 is 0.879 bits per heavy atom. The number of rotatable bonds is 29. The Balaban J connectivity index is 0.000000404. The van der Waals surface area contributed by atoms with Gasteiger partial charge in [-0.3, -0.25) is 0 Å². The van der Waals surface area contributed by atoms with Crippen molar-refractivity contribution >= 4 is 11.3 Å². The smallest absolute Gasteiger partial charge is 0.107 e. The molecule has 0 radical (unpaired) electrons. The first-order valence-electron chi connectivity index (χ1n) is 55.0. The van der Waals surface area contributed by atoms with Gasteiger partial charge in [-0.2, -0.15) is 0 Å². The largest absolute Gasteiger partial charge is 0.469 e. The lowest BCUT2D eigenvalue weighted by Gasteiger charge is -2.33. The minimum Gasteiger partial charge on any atom is -0.469 e. The van der Waals surface area contributed by atoms with Crippen LogP contribution in [-0.4, -0.2) is 0 Å². The molecule has 0 N–H and O–H groups in total. The molecule has 12 rings (SSSR count). The minimum absolute atomic E-state index is 0.250. The van der Waals surface area contributed by atoms with Crippen LogP contribution in [0.2, 0.25) is 0 Å². The van der Waals surface area contributed by atoms with E-state index in [0.29, 0.717) is 136 Å². The van der Waals surface area contributed by atoms with E-state index >= 15 is 0 Å². The fraction of sp³-hybridized carbons (Fsp3) is 0.649. The molecule has 10 heteroatoms. The molecule has 10 atom stereocenters. The molecule has 0 aliphatic heterocycles. The summed E-state index contributed by atoms with van der Waals surface area (Å²) in [5.74, 6) is 25.8. The van der Waals surface area contributed by atoms with Gasteiger partial charge in [0, 0.05) is 69.6 Å². The molecule has 0 saturated heterocycles. The Hall–Kier alpha value is -7.56. The first-order valence-corrected chi connectivity index (χ1v) is 55.9. The van der Waals surface area contributed by atoms with Gasteiger partial charge in [-0.05, 0) is 279 Å². The van der Waals surface area contributed by atoms with Crippen LogP contribution in [0.3, 0.4) is 0 Å². The Morgan fingerprint density at radius 2 is 0.603 bits per heavy atom. The molecule has 0 bridgehead atoms. The highest BCUT2D eigenvalue weighted by molar-refractivity contribution is 7.10. The number of hydrogen-bond donors (Lipinski definition) is 0. The van der Waals surface area contributed by atoms with Crippen molar-refractivity contribution in [3.8, 4) is 11.1 Å². The fourth-order valence-electron chi connectivity index (χ4n) is 22.2. The lowest BCUT2D eigenvalue weighted by atomic mass is 9.73. The highest BCUT2D eigenvalue weighted by Crippen LogP contribution is 2.50. The van der Waals surface area contributed by atoms with Gasteiger partial charge in [0.1, 0.15) is 57.6 Å². The fourth-order valence-corrected chi connectivity index (χ4v) is 23.5. The van der Waals surface area contributed by atoms with Crippen LogP contribution >= 0.6 is 11.3 Å². The third kappa shape index (κ3) is 42.8. The molecule has 0 amide bonds. The van der Waals surface area contributed by atoms with Gasteiger partial charge >= 0.3 is 0 Å². The van der Waals surface area contributed by atoms with E-state index in [9.17, 15) is 0 Å². The molecular formula is C131H212O9S. The molecule has 10 aromatic heterocycles. The van der Waals surface area contributed by atoms with Crippen molar-refractivity contribution in [2.45, 2.75) is 455 Å². The SMILES string of the molecule is CC(C)[C@@H](c1ccco1)C(C)(C)C.CC(C)[C@@H](c1ccco1)C(C)(C)C.CC(C)[C@@H](c1cccs1)C(C)(C)C.CC(C)c1coc([C@H](C(C)C)C(C)(C)C)c1.CC(C)c1coc([C@H](C(C)C)C(C)(C)C)c1.CC(C)c1coc([C@H](C(C)C)C2CC2)c1.CC[C@@H](c1ccc(C)o1)C(C)C.CC[C@H](c1cc(-c2ccccc2)co1)C(C)C.CC[C@H](c1ccco1)C(C)C.CCc1coc([C@H](C(C)C)C(C)(C)C)c1. The van der Waals surface area contributed by atoms with Gasteiger partial charge in [-0.15, -0.1) is 11.3 Å². The summed E-state index contributed by atoms with van der Waals surface area (Å²) >= 11 is 1.89. The molecule has 1 aliphatic rings. The first kappa shape index (κ1) is 128. The van der Waals surface area contributed by atoms with E-state index in [-0.39, 0.29) is 27.1 Å². The molecule has 1 saturated carbocycles. The molecule has 1 fully saturated rings. The Kier molecular flexibility index (Phi) is 53.7. The van der Waals surface area contributed by atoms with E-state index in [0.717, 1.165) is 89.4 Å². The van der Waals surface area contributed by atoms with Crippen LogP contribution in [0.25, 0.3) is 11.1 Å². The van der Waals surface area contributed by atoms with Crippen LogP contribution < -0.4 is 0 Å². The van der Waals surface area contributed by atoms with Crippen molar-refractivity contribution in [1.29, 1.82) is 0 Å². The number of hydrogen-bond acceptors (Lipinski definition) is 10. The van der Waals surface area contributed by atoms with E-state index in [2.05, 4.69) is 429 Å². The Bertz CT molecular complexity index is 4720. The van der Waals surface area contributed by atoms with Crippen LogP contribution in [0.4, 0.5) is 0 Å². The molecule has 1 aliphatic carbocycles. The minimum atomic E-state index is 0.250. The van der Waals surface area contributed by atoms with Crippen molar-refractivity contribution in [2.75, 3.05) is 0 Å². The van der Waals surface area contributed by atoms with Crippen LogP contribution in [0, 0.1) is 105 Å². The molecule has 0 unspecified atom stereocenters. The molecule has 796 valence electrons. The van der Waals surface area contributed by atoms with Crippen molar-refractivity contribution in [3.05, 3.63) is 262 Å². The molecule has 10 heterocycles. The Morgan fingerprint density at radius 1 is 0.277 bits per heavy atom. The predicted molar refractivity (Wildman–Crippen MR) is 611 cm³/mol.